The van der Waals surface area contributed by atoms with Gasteiger partial charge in [0.25, 0.3) is 0 Å². The van der Waals surface area contributed by atoms with E-state index >= 15 is 0 Å². The van der Waals surface area contributed by atoms with Crippen LogP contribution in [0.25, 0.3) is 0 Å². The van der Waals surface area contributed by atoms with Gasteiger partial charge in [-0.05, 0) is 20.3 Å². The lowest BCUT2D eigenvalue weighted by Crippen LogP contribution is -2.29. The molecule has 2 nitrogen and oxygen atoms in total. The van der Waals surface area contributed by atoms with Gasteiger partial charge in [-0.25, -0.2) is 0 Å². The van der Waals surface area contributed by atoms with Crippen LogP contribution in [0.1, 0.15) is 27.2 Å². The van der Waals surface area contributed by atoms with Crippen LogP contribution in [-0.2, 0) is 9.53 Å². The normalized spacial score (nSPS) is 16.0. The van der Waals surface area contributed by atoms with Gasteiger partial charge in [0.05, 0.1) is 6.61 Å². The zero-order valence-corrected chi connectivity index (χ0v) is 8.19. The van der Waals surface area contributed by atoms with Gasteiger partial charge in [0, 0.05) is 0 Å². The van der Waals surface area contributed by atoms with Crippen molar-refractivity contribution in [1.29, 1.82) is 0 Å². The summed E-state index contributed by atoms with van der Waals surface area (Å²) in [6.45, 7) is 5.99. The number of esters is 1. The summed E-state index contributed by atoms with van der Waals surface area (Å²) in [7, 11) is 0. The Morgan fingerprint density at radius 1 is 1.60 bits per heavy atom. The van der Waals surface area contributed by atoms with Gasteiger partial charge in [-0.1, -0.05) is 22.9 Å². The number of carbonyl (C=O) groups excluding carboxylic acids is 1. The third kappa shape index (κ3) is 2.69. The maximum absolute atomic E-state index is 11.0. The second kappa shape index (κ2) is 3.96. The van der Waals surface area contributed by atoms with Gasteiger partial charge >= 0.3 is 5.97 Å². The SMILES string of the molecule is CCOC(=O)[C@@](C)(Br)CC. The highest BCUT2D eigenvalue weighted by Gasteiger charge is 2.28. The summed E-state index contributed by atoms with van der Waals surface area (Å²) in [6, 6.07) is 0. The molecule has 0 saturated carbocycles. The fourth-order valence-electron chi connectivity index (χ4n) is 0.426. The molecule has 0 aliphatic carbocycles. The fraction of sp³-hybridized carbons (Fsp3) is 0.857. The Balaban J connectivity index is 3.91. The lowest BCUT2D eigenvalue weighted by Gasteiger charge is -2.17. The first-order valence-electron chi connectivity index (χ1n) is 3.40. The van der Waals surface area contributed by atoms with E-state index in [0.717, 1.165) is 6.42 Å². The molecule has 0 aliphatic heterocycles. The molecule has 0 rings (SSSR count). The number of rotatable bonds is 3. The molecule has 0 fully saturated rings. The van der Waals surface area contributed by atoms with Crippen molar-refractivity contribution >= 4 is 21.9 Å². The average Bonchev–Trinajstić information content (AvgIpc) is 1.89. The fourth-order valence-corrected chi connectivity index (χ4v) is 0.540. The standard InChI is InChI=1S/C7H13BrO2/c1-4-7(3,8)6(9)10-5-2/h4-5H2,1-3H3/t7-/m0/s1. The molecule has 0 radical (unpaired) electrons. The van der Waals surface area contributed by atoms with Crippen LogP contribution < -0.4 is 0 Å². The molecule has 0 saturated heterocycles. The lowest BCUT2D eigenvalue weighted by molar-refractivity contribution is -0.145. The summed E-state index contributed by atoms with van der Waals surface area (Å²) in [5.74, 6) is -0.183. The minimum Gasteiger partial charge on any atom is -0.465 e. The van der Waals surface area contributed by atoms with E-state index in [-0.39, 0.29) is 5.97 Å². The third-order valence-electron chi connectivity index (χ3n) is 1.37. The largest absolute Gasteiger partial charge is 0.465 e. The topological polar surface area (TPSA) is 26.3 Å². The van der Waals surface area contributed by atoms with Crippen molar-refractivity contribution in [2.75, 3.05) is 6.61 Å². The number of alkyl halides is 1. The molecule has 0 amide bonds. The van der Waals surface area contributed by atoms with Crippen molar-refractivity contribution in [2.24, 2.45) is 0 Å². The smallest absolute Gasteiger partial charge is 0.322 e. The highest BCUT2D eigenvalue weighted by Crippen LogP contribution is 2.22. The Bertz CT molecular complexity index is 121. The Labute approximate surface area is 70.1 Å². The van der Waals surface area contributed by atoms with Crippen LogP contribution in [0.15, 0.2) is 0 Å². The number of hydrogen-bond donors (Lipinski definition) is 0. The number of ether oxygens (including phenoxy) is 1. The molecule has 0 bridgehead atoms. The lowest BCUT2D eigenvalue weighted by atomic mass is 10.1. The van der Waals surface area contributed by atoms with E-state index in [2.05, 4.69) is 15.9 Å². The van der Waals surface area contributed by atoms with E-state index in [0.29, 0.717) is 6.61 Å². The van der Waals surface area contributed by atoms with Crippen molar-refractivity contribution < 1.29 is 9.53 Å². The van der Waals surface area contributed by atoms with Crippen LogP contribution in [-0.4, -0.2) is 16.9 Å². The first-order chi connectivity index (χ1) is 4.54. The molecule has 0 aliphatic rings. The second-order valence-electron chi connectivity index (χ2n) is 2.27. The van der Waals surface area contributed by atoms with Crippen molar-refractivity contribution in [3.63, 3.8) is 0 Å². The molecule has 0 unspecified atom stereocenters. The van der Waals surface area contributed by atoms with Gasteiger partial charge in [-0.2, -0.15) is 0 Å². The average molecular weight is 209 g/mol. The second-order valence-corrected chi connectivity index (χ2v) is 4.02. The zero-order chi connectivity index (χ0) is 8.20. The Kier molecular flexibility index (Phi) is 3.94. The Morgan fingerprint density at radius 3 is 2.40 bits per heavy atom. The Morgan fingerprint density at radius 2 is 2.10 bits per heavy atom. The summed E-state index contributed by atoms with van der Waals surface area (Å²) in [4.78, 5) is 11.0. The molecule has 0 heterocycles. The van der Waals surface area contributed by atoms with Gasteiger partial charge in [-0.15, -0.1) is 0 Å². The maximum Gasteiger partial charge on any atom is 0.322 e. The van der Waals surface area contributed by atoms with Crippen LogP contribution >= 0.6 is 15.9 Å². The van der Waals surface area contributed by atoms with E-state index in [1.807, 2.05) is 13.8 Å². The quantitative estimate of drug-likeness (QED) is 0.525. The Hall–Kier alpha value is -0.0500. The van der Waals surface area contributed by atoms with Gasteiger partial charge in [-0.3, -0.25) is 4.79 Å². The molecule has 0 aromatic rings. The highest BCUT2D eigenvalue weighted by atomic mass is 79.9. The molecule has 0 spiro atoms. The predicted molar refractivity (Wildman–Crippen MR) is 44.3 cm³/mol. The molecule has 3 heteroatoms. The van der Waals surface area contributed by atoms with Crippen molar-refractivity contribution in [1.82, 2.24) is 0 Å². The predicted octanol–water partition coefficient (Wildman–Crippen LogP) is 2.11. The molecular weight excluding hydrogens is 196 g/mol. The summed E-state index contributed by atoms with van der Waals surface area (Å²) >= 11 is 3.27. The van der Waals surface area contributed by atoms with E-state index < -0.39 is 4.32 Å². The van der Waals surface area contributed by atoms with Gasteiger partial charge in [0.2, 0.25) is 0 Å². The van der Waals surface area contributed by atoms with E-state index in [9.17, 15) is 4.79 Å². The van der Waals surface area contributed by atoms with Crippen LogP contribution in [0.3, 0.4) is 0 Å². The van der Waals surface area contributed by atoms with Crippen LogP contribution in [0, 0.1) is 0 Å². The third-order valence-corrected chi connectivity index (χ3v) is 2.25. The number of hydrogen-bond acceptors (Lipinski definition) is 2. The van der Waals surface area contributed by atoms with Crippen LogP contribution in [0.5, 0.6) is 0 Å². The molecule has 10 heavy (non-hydrogen) atoms. The van der Waals surface area contributed by atoms with Crippen LogP contribution in [0.4, 0.5) is 0 Å². The van der Waals surface area contributed by atoms with E-state index in [4.69, 9.17) is 4.74 Å². The molecule has 1 atom stereocenters. The first kappa shape index (κ1) is 9.95. The minimum absolute atomic E-state index is 0.183. The molecule has 0 aromatic carbocycles. The summed E-state index contributed by atoms with van der Waals surface area (Å²) in [6.07, 6.45) is 0.742. The zero-order valence-electron chi connectivity index (χ0n) is 6.61. The van der Waals surface area contributed by atoms with Gasteiger partial charge in [0.15, 0.2) is 0 Å². The first-order valence-corrected chi connectivity index (χ1v) is 4.20. The minimum atomic E-state index is -0.497. The van der Waals surface area contributed by atoms with E-state index in [1.54, 1.807) is 6.92 Å². The summed E-state index contributed by atoms with van der Waals surface area (Å²) in [5.41, 5.74) is 0. The van der Waals surface area contributed by atoms with Crippen LogP contribution in [0.2, 0.25) is 0 Å². The van der Waals surface area contributed by atoms with Crippen molar-refractivity contribution in [3.8, 4) is 0 Å². The summed E-state index contributed by atoms with van der Waals surface area (Å²) < 4.78 is 4.31. The monoisotopic (exact) mass is 208 g/mol. The number of halogens is 1. The van der Waals surface area contributed by atoms with Crippen molar-refractivity contribution in [3.05, 3.63) is 0 Å². The number of carbonyl (C=O) groups is 1. The summed E-state index contributed by atoms with van der Waals surface area (Å²) in [5, 5.41) is 0. The van der Waals surface area contributed by atoms with E-state index in [1.165, 1.54) is 0 Å². The van der Waals surface area contributed by atoms with Gasteiger partial charge in [0.1, 0.15) is 4.32 Å². The molecule has 0 N–H and O–H groups in total. The van der Waals surface area contributed by atoms with Gasteiger partial charge < -0.3 is 4.74 Å². The molecule has 60 valence electrons. The molecule has 0 aromatic heterocycles. The maximum atomic E-state index is 11.0. The molecular formula is C7H13BrO2. The van der Waals surface area contributed by atoms with Crippen molar-refractivity contribution in [2.45, 2.75) is 31.5 Å². The highest BCUT2D eigenvalue weighted by molar-refractivity contribution is 9.10.